The zero-order valence-electron chi connectivity index (χ0n) is 23.6. The number of aromatic amines is 1. The molecule has 2 aromatic rings. The number of aliphatic hydroxyl groups is 2. The lowest BCUT2D eigenvalue weighted by atomic mass is 9.41. The van der Waals surface area contributed by atoms with Gasteiger partial charge in [-0.25, -0.2) is 0 Å². The third-order valence-electron chi connectivity index (χ3n) is 12.0. The van der Waals surface area contributed by atoms with Gasteiger partial charge in [-0.2, -0.15) is 0 Å². The van der Waals surface area contributed by atoms with Crippen LogP contribution in [0.4, 0.5) is 0 Å². The lowest BCUT2D eigenvalue weighted by molar-refractivity contribution is -0.177. The Labute approximate surface area is 221 Å². The molecular weight excluding hydrogens is 458 g/mol. The maximum Gasteiger partial charge on any atom is 0.0892 e. The van der Waals surface area contributed by atoms with Crippen molar-refractivity contribution in [1.82, 2.24) is 4.98 Å². The van der Waals surface area contributed by atoms with Gasteiger partial charge < -0.3 is 19.9 Å². The van der Waals surface area contributed by atoms with Gasteiger partial charge in [-0.1, -0.05) is 20.8 Å². The minimum Gasteiger partial charge on any atom is -0.396 e. The van der Waals surface area contributed by atoms with Crippen LogP contribution in [-0.4, -0.2) is 39.1 Å². The average molecular weight is 502 g/mol. The molecule has 4 nitrogen and oxygen atoms in total. The molecule has 5 aliphatic rings. The number of H-pyrrole nitrogens is 1. The van der Waals surface area contributed by atoms with Crippen molar-refractivity contribution < 1.29 is 14.9 Å². The van der Waals surface area contributed by atoms with Gasteiger partial charge in [-0.3, -0.25) is 0 Å². The highest BCUT2D eigenvalue weighted by Gasteiger charge is 2.66. The standard InChI is InChI=1S/C33H43NO3/c1-29(2)16-23-20-15-21-22-14-19-8-9-26-31(5,17-35)27(36)10-11-32(26,6)33(19,7)28(22)34-25(21)13-18(20)12-24(23)30(3,4)37-29/h12-13,15-16,19,26-27,34-36H,8-11,14,17H2,1-7H3/t19-,26-,27-,31-,32-,33+/m0/s1. The molecule has 0 saturated heterocycles. The lowest BCUT2D eigenvalue weighted by Crippen LogP contribution is -2.63. The number of hydrogen-bond donors (Lipinski definition) is 3. The van der Waals surface area contributed by atoms with Crippen LogP contribution in [-0.2, 0) is 16.6 Å². The first kappa shape index (κ1) is 24.2. The van der Waals surface area contributed by atoms with Crippen molar-refractivity contribution in [3.05, 3.63) is 46.2 Å². The van der Waals surface area contributed by atoms with E-state index in [-0.39, 0.29) is 28.6 Å². The Morgan fingerprint density at radius 2 is 1.78 bits per heavy atom. The van der Waals surface area contributed by atoms with Crippen LogP contribution in [0.3, 0.4) is 0 Å². The quantitative estimate of drug-likeness (QED) is 0.416. The van der Waals surface area contributed by atoms with Gasteiger partial charge in [0.25, 0.3) is 0 Å². The molecule has 1 aromatic carbocycles. The van der Waals surface area contributed by atoms with E-state index in [1.165, 1.54) is 44.4 Å². The number of benzene rings is 1. The van der Waals surface area contributed by atoms with E-state index in [0.717, 1.165) is 32.1 Å². The van der Waals surface area contributed by atoms with Gasteiger partial charge in [0.15, 0.2) is 0 Å². The molecule has 0 unspecified atom stereocenters. The van der Waals surface area contributed by atoms with Crippen molar-refractivity contribution in [1.29, 1.82) is 0 Å². The summed E-state index contributed by atoms with van der Waals surface area (Å²) in [5, 5.41) is 22.9. The Morgan fingerprint density at radius 1 is 1.03 bits per heavy atom. The minimum atomic E-state index is -0.437. The zero-order valence-corrected chi connectivity index (χ0v) is 23.6. The molecule has 3 N–H and O–H groups in total. The highest BCUT2D eigenvalue weighted by atomic mass is 16.5. The summed E-state index contributed by atoms with van der Waals surface area (Å²) in [7, 11) is 0. The van der Waals surface area contributed by atoms with Gasteiger partial charge >= 0.3 is 0 Å². The van der Waals surface area contributed by atoms with Crippen LogP contribution in [0.25, 0.3) is 22.6 Å². The summed E-state index contributed by atoms with van der Waals surface area (Å²) in [5.74, 6) is 0.902. The van der Waals surface area contributed by atoms with E-state index in [1.807, 2.05) is 0 Å². The van der Waals surface area contributed by atoms with Crippen LogP contribution in [0.15, 0.2) is 23.8 Å². The SMILES string of the molecule is CC1(C)C=C2C(=Cc3cc4[nH]c5c(c4cc32)C[C@@H]2CC[C@H]3[C@](C)(CO)[C@@H](O)CC[C@]3(C)[C@@]52C)C(C)(C)O1. The molecule has 198 valence electrons. The highest BCUT2D eigenvalue weighted by Crippen LogP contribution is 2.69. The summed E-state index contributed by atoms with van der Waals surface area (Å²) in [6.45, 7) is 15.8. The van der Waals surface area contributed by atoms with Gasteiger partial charge in [-0.05, 0) is 129 Å². The second kappa shape index (κ2) is 7.00. The molecule has 7 rings (SSSR count). The monoisotopic (exact) mass is 501 g/mol. The molecule has 2 heterocycles. The molecule has 4 heteroatoms. The predicted molar refractivity (Wildman–Crippen MR) is 149 cm³/mol. The van der Waals surface area contributed by atoms with E-state index in [2.05, 4.69) is 77.7 Å². The molecule has 37 heavy (non-hydrogen) atoms. The highest BCUT2D eigenvalue weighted by molar-refractivity contribution is 6.02. The van der Waals surface area contributed by atoms with E-state index in [0.29, 0.717) is 11.8 Å². The van der Waals surface area contributed by atoms with Crippen molar-refractivity contribution in [2.75, 3.05) is 6.61 Å². The number of aromatic nitrogens is 1. The number of aliphatic hydroxyl groups excluding tert-OH is 2. The number of nitrogens with one attached hydrogen (secondary N) is 1. The van der Waals surface area contributed by atoms with Crippen LogP contribution < -0.4 is 0 Å². The Hall–Kier alpha value is -1.88. The van der Waals surface area contributed by atoms with Gasteiger partial charge in [0.1, 0.15) is 0 Å². The molecular formula is C33H43NO3. The van der Waals surface area contributed by atoms with E-state index in [9.17, 15) is 10.2 Å². The fourth-order valence-electron chi connectivity index (χ4n) is 9.99. The summed E-state index contributed by atoms with van der Waals surface area (Å²) in [6.07, 6.45) is 9.36. The molecule has 6 atom stereocenters. The number of ether oxygens (including phenoxy) is 1. The Kier molecular flexibility index (Phi) is 4.57. The lowest BCUT2D eigenvalue weighted by Gasteiger charge is -2.64. The summed E-state index contributed by atoms with van der Waals surface area (Å²) in [6, 6.07) is 4.82. The third-order valence-corrected chi connectivity index (χ3v) is 12.0. The fourth-order valence-corrected chi connectivity index (χ4v) is 9.99. The minimum absolute atomic E-state index is 0.00815. The van der Waals surface area contributed by atoms with Crippen LogP contribution >= 0.6 is 0 Å². The molecule has 0 spiro atoms. The third kappa shape index (κ3) is 2.80. The molecule has 4 aliphatic carbocycles. The molecule has 1 aliphatic heterocycles. The van der Waals surface area contributed by atoms with Crippen LogP contribution in [0.2, 0.25) is 0 Å². The molecule has 2 saturated carbocycles. The van der Waals surface area contributed by atoms with E-state index < -0.39 is 11.5 Å². The van der Waals surface area contributed by atoms with Crippen LogP contribution in [0, 0.1) is 22.7 Å². The summed E-state index contributed by atoms with van der Waals surface area (Å²) in [5.41, 5.74) is 8.39. The van der Waals surface area contributed by atoms with Gasteiger partial charge in [0.05, 0.1) is 23.9 Å². The fraction of sp³-hybridized carbons (Fsp3) is 0.636. The molecule has 2 fully saturated rings. The predicted octanol–water partition coefficient (Wildman–Crippen LogP) is 6.54. The van der Waals surface area contributed by atoms with E-state index in [1.54, 1.807) is 0 Å². The molecule has 0 radical (unpaired) electrons. The van der Waals surface area contributed by atoms with Crippen molar-refractivity contribution in [3.8, 4) is 0 Å². The van der Waals surface area contributed by atoms with Crippen molar-refractivity contribution in [2.24, 2.45) is 22.7 Å². The largest absolute Gasteiger partial charge is 0.396 e. The second-order valence-electron chi connectivity index (χ2n) is 14.7. The number of fused-ring (bicyclic) bond motifs is 10. The first-order chi connectivity index (χ1) is 17.2. The van der Waals surface area contributed by atoms with E-state index >= 15 is 0 Å². The normalized spacial score (nSPS) is 40.8. The molecule has 0 amide bonds. The van der Waals surface area contributed by atoms with Gasteiger partial charge in [0.2, 0.25) is 0 Å². The van der Waals surface area contributed by atoms with Crippen LogP contribution in [0.5, 0.6) is 0 Å². The first-order valence-corrected chi connectivity index (χ1v) is 14.4. The summed E-state index contributed by atoms with van der Waals surface area (Å²) >= 11 is 0. The Balaban J connectivity index is 1.39. The zero-order chi connectivity index (χ0) is 26.3. The van der Waals surface area contributed by atoms with Gasteiger partial charge in [0, 0.05) is 27.4 Å². The Bertz CT molecular complexity index is 1410. The van der Waals surface area contributed by atoms with Gasteiger partial charge in [-0.15, -0.1) is 0 Å². The maximum atomic E-state index is 11.0. The van der Waals surface area contributed by atoms with Crippen molar-refractivity contribution in [2.45, 2.75) is 103 Å². The number of hydrogen-bond acceptors (Lipinski definition) is 3. The van der Waals surface area contributed by atoms with Crippen molar-refractivity contribution >= 4 is 22.6 Å². The topological polar surface area (TPSA) is 65.5 Å². The molecule has 1 aromatic heterocycles. The first-order valence-electron chi connectivity index (χ1n) is 14.4. The number of rotatable bonds is 1. The van der Waals surface area contributed by atoms with Crippen molar-refractivity contribution in [3.63, 3.8) is 0 Å². The van der Waals surface area contributed by atoms with Crippen LogP contribution in [0.1, 0.15) is 96.5 Å². The average Bonchev–Trinajstić information content (AvgIpc) is 3.44. The summed E-state index contributed by atoms with van der Waals surface area (Å²) < 4.78 is 6.44. The second-order valence-corrected chi connectivity index (χ2v) is 14.7. The maximum absolute atomic E-state index is 11.0. The van der Waals surface area contributed by atoms with E-state index in [4.69, 9.17) is 4.74 Å². The molecule has 0 bridgehead atoms. The Morgan fingerprint density at radius 3 is 2.51 bits per heavy atom. The smallest absolute Gasteiger partial charge is 0.0892 e. The summed E-state index contributed by atoms with van der Waals surface area (Å²) in [4.78, 5) is 3.97.